The number of hydrogen-bond donors (Lipinski definition) is 2. The van der Waals surface area contributed by atoms with Crippen molar-refractivity contribution in [3.63, 3.8) is 0 Å². The molecule has 0 bridgehead atoms. The molecule has 0 saturated carbocycles. The second-order valence-electron chi connectivity index (χ2n) is 3.77. The molecule has 0 aromatic carbocycles. The van der Waals surface area contributed by atoms with Gasteiger partial charge in [0.15, 0.2) is 0 Å². The minimum atomic E-state index is -0.936. The van der Waals surface area contributed by atoms with E-state index in [1.807, 2.05) is 6.92 Å². The number of nitrogens with one attached hydrogen (secondary N) is 1. The molecule has 0 fully saturated rings. The molecule has 1 aromatic heterocycles. The summed E-state index contributed by atoms with van der Waals surface area (Å²) in [4.78, 5) is 22.8. The van der Waals surface area contributed by atoms with E-state index in [1.165, 1.54) is 0 Å². The van der Waals surface area contributed by atoms with Gasteiger partial charge in [0, 0.05) is 6.04 Å². The average molecular weight is 257 g/mol. The molecule has 1 atom stereocenters. The van der Waals surface area contributed by atoms with Crippen LogP contribution in [0.1, 0.15) is 42.1 Å². The monoisotopic (exact) mass is 257 g/mol. The maximum atomic E-state index is 11.8. The van der Waals surface area contributed by atoms with E-state index in [4.69, 9.17) is 5.11 Å². The van der Waals surface area contributed by atoms with Crippen LogP contribution in [0.15, 0.2) is 0 Å². The van der Waals surface area contributed by atoms with Gasteiger partial charge in [-0.1, -0.05) is 17.8 Å². The van der Waals surface area contributed by atoms with Gasteiger partial charge in [0.25, 0.3) is 5.91 Å². The van der Waals surface area contributed by atoms with Gasteiger partial charge in [-0.15, -0.1) is 5.10 Å². The number of aromatic nitrogens is 2. The second-order valence-corrected chi connectivity index (χ2v) is 4.53. The highest BCUT2D eigenvalue weighted by molar-refractivity contribution is 7.08. The van der Waals surface area contributed by atoms with Gasteiger partial charge in [-0.25, -0.2) is 0 Å². The summed E-state index contributed by atoms with van der Waals surface area (Å²) in [7, 11) is 0. The van der Waals surface area contributed by atoms with Crippen molar-refractivity contribution in [2.75, 3.05) is 0 Å². The molecule has 1 heterocycles. The van der Waals surface area contributed by atoms with E-state index in [2.05, 4.69) is 14.9 Å². The molecule has 0 radical (unpaired) electrons. The summed E-state index contributed by atoms with van der Waals surface area (Å²) in [6.07, 6.45) is 1.49. The van der Waals surface area contributed by atoms with Gasteiger partial charge < -0.3 is 10.4 Å². The van der Waals surface area contributed by atoms with Gasteiger partial charge in [0.2, 0.25) is 0 Å². The van der Waals surface area contributed by atoms with Crippen molar-refractivity contribution in [1.29, 1.82) is 0 Å². The number of amides is 1. The molecule has 0 aliphatic heterocycles. The Balaban J connectivity index is 2.63. The predicted molar refractivity (Wildman–Crippen MR) is 63.1 cm³/mol. The lowest BCUT2D eigenvalue weighted by Crippen LogP contribution is -2.34. The quantitative estimate of drug-likeness (QED) is 0.795. The molecule has 1 unspecified atom stereocenters. The van der Waals surface area contributed by atoms with E-state index in [0.717, 1.165) is 18.0 Å². The fraction of sp³-hybridized carbons (Fsp3) is 0.600. The zero-order valence-corrected chi connectivity index (χ0v) is 10.6. The van der Waals surface area contributed by atoms with Crippen molar-refractivity contribution in [1.82, 2.24) is 14.9 Å². The van der Waals surface area contributed by atoms with E-state index in [0.29, 0.717) is 17.0 Å². The molecule has 2 N–H and O–H groups in total. The average Bonchev–Trinajstić information content (AvgIpc) is 2.64. The summed E-state index contributed by atoms with van der Waals surface area (Å²) in [6, 6.07) is -0.406. The number of carbonyl (C=O) groups is 2. The van der Waals surface area contributed by atoms with Gasteiger partial charge in [0.1, 0.15) is 4.88 Å². The molecule has 1 aromatic rings. The first-order valence-corrected chi connectivity index (χ1v) is 6.15. The van der Waals surface area contributed by atoms with Crippen molar-refractivity contribution in [3.05, 3.63) is 10.6 Å². The van der Waals surface area contributed by atoms with Gasteiger partial charge in [-0.3, -0.25) is 9.59 Å². The molecular formula is C10H15N3O3S. The molecular weight excluding hydrogens is 242 g/mol. The zero-order chi connectivity index (χ0) is 12.8. The molecule has 1 rings (SSSR count). The first-order valence-electron chi connectivity index (χ1n) is 5.38. The largest absolute Gasteiger partial charge is 0.481 e. The Hall–Kier alpha value is -1.50. The highest BCUT2D eigenvalue weighted by Crippen LogP contribution is 2.12. The molecule has 94 valence electrons. The third-order valence-electron chi connectivity index (χ3n) is 2.11. The Bertz CT molecular complexity index is 405. The van der Waals surface area contributed by atoms with E-state index >= 15 is 0 Å². The van der Waals surface area contributed by atoms with Crippen LogP contribution in [0, 0.1) is 0 Å². The van der Waals surface area contributed by atoms with E-state index in [-0.39, 0.29) is 12.3 Å². The van der Waals surface area contributed by atoms with Crippen LogP contribution in [-0.4, -0.2) is 32.6 Å². The SMILES string of the molecule is CCCc1nnsc1C(=O)NC(C)CC(=O)O. The topological polar surface area (TPSA) is 92.2 Å². The molecule has 6 nitrogen and oxygen atoms in total. The molecule has 1 amide bonds. The van der Waals surface area contributed by atoms with Crippen LogP contribution < -0.4 is 5.32 Å². The summed E-state index contributed by atoms with van der Waals surface area (Å²) >= 11 is 1.04. The predicted octanol–water partition coefficient (Wildman–Crippen LogP) is 1.08. The van der Waals surface area contributed by atoms with Crippen LogP contribution in [0.4, 0.5) is 0 Å². The summed E-state index contributed by atoms with van der Waals surface area (Å²) in [5, 5.41) is 15.1. The summed E-state index contributed by atoms with van der Waals surface area (Å²) in [5.74, 6) is -1.23. The van der Waals surface area contributed by atoms with Gasteiger partial charge in [-0.2, -0.15) is 0 Å². The van der Waals surface area contributed by atoms with Crippen LogP contribution in [0.2, 0.25) is 0 Å². The van der Waals surface area contributed by atoms with Gasteiger partial charge >= 0.3 is 5.97 Å². The number of hydrogen-bond acceptors (Lipinski definition) is 5. The van der Waals surface area contributed by atoms with Gasteiger partial charge in [0.05, 0.1) is 12.1 Å². The third-order valence-corrected chi connectivity index (χ3v) is 2.87. The first-order chi connectivity index (χ1) is 8.04. The van der Waals surface area contributed by atoms with Crippen molar-refractivity contribution in [3.8, 4) is 0 Å². The van der Waals surface area contributed by atoms with Crippen LogP contribution in [-0.2, 0) is 11.2 Å². The Morgan fingerprint density at radius 2 is 2.24 bits per heavy atom. The maximum absolute atomic E-state index is 11.8. The number of aryl methyl sites for hydroxylation is 1. The number of carboxylic acids is 1. The Morgan fingerprint density at radius 3 is 2.82 bits per heavy atom. The Labute approximate surface area is 103 Å². The fourth-order valence-corrected chi connectivity index (χ4v) is 1.99. The van der Waals surface area contributed by atoms with Crippen molar-refractivity contribution in [2.45, 2.75) is 39.2 Å². The minimum Gasteiger partial charge on any atom is -0.481 e. The lowest BCUT2D eigenvalue weighted by molar-refractivity contribution is -0.137. The van der Waals surface area contributed by atoms with Gasteiger partial charge in [-0.05, 0) is 24.9 Å². The van der Waals surface area contributed by atoms with Crippen molar-refractivity contribution < 1.29 is 14.7 Å². The third kappa shape index (κ3) is 4.10. The van der Waals surface area contributed by atoms with Crippen molar-refractivity contribution >= 4 is 23.4 Å². The van der Waals surface area contributed by atoms with Crippen LogP contribution in [0.5, 0.6) is 0 Å². The Kier molecular flexibility index (Phi) is 5.02. The molecule has 17 heavy (non-hydrogen) atoms. The summed E-state index contributed by atoms with van der Waals surface area (Å²) in [5.41, 5.74) is 0.678. The molecule has 0 spiro atoms. The molecule has 7 heteroatoms. The highest BCUT2D eigenvalue weighted by atomic mass is 32.1. The molecule has 0 aliphatic carbocycles. The van der Waals surface area contributed by atoms with E-state index in [1.54, 1.807) is 6.92 Å². The number of nitrogens with zero attached hydrogens (tertiary/aromatic N) is 2. The summed E-state index contributed by atoms with van der Waals surface area (Å²) in [6.45, 7) is 3.65. The lowest BCUT2D eigenvalue weighted by Gasteiger charge is -2.10. The zero-order valence-electron chi connectivity index (χ0n) is 9.77. The highest BCUT2D eigenvalue weighted by Gasteiger charge is 2.18. The minimum absolute atomic E-state index is 0.0961. The smallest absolute Gasteiger partial charge is 0.305 e. The van der Waals surface area contributed by atoms with Crippen LogP contribution in [0.25, 0.3) is 0 Å². The normalized spacial score (nSPS) is 12.1. The standard InChI is InChI=1S/C10H15N3O3S/c1-3-4-7-9(17-13-12-7)10(16)11-6(2)5-8(14)15/h6H,3-5H2,1-2H3,(H,11,16)(H,14,15). The van der Waals surface area contributed by atoms with E-state index < -0.39 is 12.0 Å². The van der Waals surface area contributed by atoms with E-state index in [9.17, 15) is 9.59 Å². The lowest BCUT2D eigenvalue weighted by atomic mass is 10.2. The van der Waals surface area contributed by atoms with Crippen LogP contribution in [0.3, 0.4) is 0 Å². The Morgan fingerprint density at radius 1 is 1.53 bits per heavy atom. The number of aliphatic carboxylic acids is 1. The number of rotatable bonds is 6. The molecule has 0 aliphatic rings. The fourth-order valence-electron chi connectivity index (χ4n) is 1.38. The number of carboxylic acid groups (broad SMARTS) is 1. The molecule has 0 saturated heterocycles. The second kappa shape index (κ2) is 6.29. The maximum Gasteiger partial charge on any atom is 0.305 e. The van der Waals surface area contributed by atoms with Crippen molar-refractivity contribution in [2.24, 2.45) is 0 Å². The first kappa shape index (κ1) is 13.6. The van der Waals surface area contributed by atoms with Crippen LogP contribution >= 0.6 is 11.5 Å². The summed E-state index contributed by atoms with van der Waals surface area (Å²) < 4.78 is 3.74. The number of carbonyl (C=O) groups excluding carboxylic acids is 1.